The van der Waals surface area contributed by atoms with Crippen molar-refractivity contribution in [1.29, 1.82) is 0 Å². The van der Waals surface area contributed by atoms with E-state index in [4.69, 9.17) is 0 Å². The number of aliphatic hydroxyl groups excluding tert-OH is 1. The van der Waals surface area contributed by atoms with E-state index in [0.717, 1.165) is 24.3 Å². The van der Waals surface area contributed by atoms with E-state index in [0.29, 0.717) is 4.47 Å². The van der Waals surface area contributed by atoms with E-state index in [1.807, 2.05) is 0 Å². The molecular formula is C15H20BrFO. The van der Waals surface area contributed by atoms with E-state index < -0.39 is 6.10 Å². The fourth-order valence-corrected chi connectivity index (χ4v) is 3.15. The maximum Gasteiger partial charge on any atom is 0.137 e. The summed E-state index contributed by atoms with van der Waals surface area (Å²) in [6.07, 6.45) is 8.04. The third-order valence-corrected chi connectivity index (χ3v) is 4.51. The number of hydrogen-bond donors (Lipinski definition) is 1. The van der Waals surface area contributed by atoms with Gasteiger partial charge < -0.3 is 5.11 Å². The lowest BCUT2D eigenvalue weighted by molar-refractivity contribution is 0.151. The second-order valence-electron chi connectivity index (χ2n) is 5.27. The highest BCUT2D eigenvalue weighted by atomic mass is 79.9. The van der Waals surface area contributed by atoms with E-state index in [2.05, 4.69) is 15.9 Å². The van der Waals surface area contributed by atoms with E-state index in [-0.39, 0.29) is 5.82 Å². The third kappa shape index (κ3) is 3.79. The molecule has 1 aliphatic carbocycles. The Balaban J connectivity index is 1.86. The number of rotatable bonds is 4. The lowest BCUT2D eigenvalue weighted by atomic mass is 9.85. The molecular weight excluding hydrogens is 295 g/mol. The zero-order valence-electron chi connectivity index (χ0n) is 10.5. The quantitative estimate of drug-likeness (QED) is 0.830. The van der Waals surface area contributed by atoms with Crippen LogP contribution in [0.2, 0.25) is 0 Å². The molecule has 2 rings (SSSR count). The summed E-state index contributed by atoms with van der Waals surface area (Å²) in [5.74, 6) is 0.496. The van der Waals surface area contributed by atoms with Crippen LogP contribution in [0, 0.1) is 11.7 Å². The fourth-order valence-electron chi connectivity index (χ4n) is 2.76. The Labute approximate surface area is 117 Å². The molecule has 0 bridgehead atoms. The normalized spacial score (nSPS) is 18.8. The second kappa shape index (κ2) is 6.67. The topological polar surface area (TPSA) is 20.2 Å². The van der Waals surface area contributed by atoms with Gasteiger partial charge >= 0.3 is 0 Å². The van der Waals surface area contributed by atoms with Gasteiger partial charge in [0.15, 0.2) is 0 Å². The zero-order chi connectivity index (χ0) is 13.0. The van der Waals surface area contributed by atoms with Crippen LogP contribution in [0.25, 0.3) is 0 Å². The molecule has 0 aromatic heterocycles. The van der Waals surface area contributed by atoms with Crippen molar-refractivity contribution in [2.24, 2.45) is 5.92 Å². The minimum absolute atomic E-state index is 0.279. The number of halogens is 2. The van der Waals surface area contributed by atoms with Gasteiger partial charge in [-0.3, -0.25) is 0 Å². The van der Waals surface area contributed by atoms with Crippen LogP contribution < -0.4 is 0 Å². The monoisotopic (exact) mass is 314 g/mol. The van der Waals surface area contributed by atoms with Gasteiger partial charge in [0, 0.05) is 0 Å². The van der Waals surface area contributed by atoms with Crippen LogP contribution in [-0.4, -0.2) is 5.11 Å². The Bertz CT molecular complexity index is 388. The van der Waals surface area contributed by atoms with Gasteiger partial charge in [0.25, 0.3) is 0 Å². The first kappa shape index (κ1) is 14.0. The molecule has 1 saturated carbocycles. The minimum Gasteiger partial charge on any atom is -0.388 e. The summed E-state index contributed by atoms with van der Waals surface area (Å²) >= 11 is 3.16. The molecule has 0 saturated heterocycles. The molecule has 1 fully saturated rings. The molecule has 3 heteroatoms. The van der Waals surface area contributed by atoms with Gasteiger partial charge in [0.2, 0.25) is 0 Å². The summed E-state index contributed by atoms with van der Waals surface area (Å²) in [5.41, 5.74) is 0.805. The van der Waals surface area contributed by atoms with E-state index >= 15 is 0 Å². The van der Waals surface area contributed by atoms with Gasteiger partial charge in [-0.1, -0.05) is 38.2 Å². The van der Waals surface area contributed by atoms with E-state index in [9.17, 15) is 9.50 Å². The summed E-state index contributed by atoms with van der Waals surface area (Å²) in [6, 6.07) is 4.76. The van der Waals surface area contributed by atoms with Crippen molar-refractivity contribution >= 4 is 15.9 Å². The molecule has 1 aromatic carbocycles. The molecule has 0 aliphatic heterocycles. The van der Waals surface area contributed by atoms with Gasteiger partial charge in [-0.2, -0.15) is 0 Å². The summed E-state index contributed by atoms with van der Waals surface area (Å²) in [4.78, 5) is 0. The molecule has 18 heavy (non-hydrogen) atoms. The second-order valence-corrected chi connectivity index (χ2v) is 6.13. The highest BCUT2D eigenvalue weighted by Gasteiger charge is 2.16. The maximum absolute atomic E-state index is 13.1. The van der Waals surface area contributed by atoms with Crippen LogP contribution in [0.5, 0.6) is 0 Å². The lowest BCUT2D eigenvalue weighted by Crippen LogP contribution is -2.08. The average molecular weight is 315 g/mol. The van der Waals surface area contributed by atoms with Crippen LogP contribution in [-0.2, 0) is 0 Å². The Morgan fingerprint density at radius 3 is 2.67 bits per heavy atom. The van der Waals surface area contributed by atoms with Gasteiger partial charge in [0.05, 0.1) is 10.6 Å². The highest BCUT2D eigenvalue weighted by molar-refractivity contribution is 9.10. The molecule has 0 heterocycles. The molecule has 0 radical (unpaired) electrons. The predicted octanol–water partition coefficient (Wildman–Crippen LogP) is 4.98. The SMILES string of the molecule is OC(CCC1CCCCC1)c1ccc(F)c(Br)c1. The van der Waals surface area contributed by atoms with Crippen LogP contribution in [0.1, 0.15) is 56.6 Å². The molecule has 1 aliphatic rings. The lowest BCUT2D eigenvalue weighted by Gasteiger charge is -2.22. The molecule has 1 atom stereocenters. The first-order chi connectivity index (χ1) is 8.66. The maximum atomic E-state index is 13.1. The molecule has 0 spiro atoms. The molecule has 1 nitrogen and oxygen atoms in total. The first-order valence-electron chi connectivity index (χ1n) is 6.80. The van der Waals surface area contributed by atoms with Crippen molar-refractivity contribution in [1.82, 2.24) is 0 Å². The Kier molecular flexibility index (Phi) is 5.19. The van der Waals surface area contributed by atoms with Crippen molar-refractivity contribution < 1.29 is 9.50 Å². The summed E-state index contributed by atoms with van der Waals surface area (Å²) in [5, 5.41) is 10.1. The van der Waals surface area contributed by atoms with E-state index in [1.165, 1.54) is 38.2 Å². The van der Waals surface area contributed by atoms with Crippen LogP contribution >= 0.6 is 15.9 Å². The van der Waals surface area contributed by atoms with Crippen LogP contribution in [0.3, 0.4) is 0 Å². The van der Waals surface area contributed by atoms with Gasteiger partial charge in [-0.25, -0.2) is 4.39 Å². The molecule has 0 amide bonds. The first-order valence-corrected chi connectivity index (χ1v) is 7.59. The Hall–Kier alpha value is -0.410. The molecule has 1 N–H and O–H groups in total. The Morgan fingerprint density at radius 1 is 1.28 bits per heavy atom. The van der Waals surface area contributed by atoms with Crippen molar-refractivity contribution in [3.63, 3.8) is 0 Å². The van der Waals surface area contributed by atoms with Crippen molar-refractivity contribution in [2.45, 2.75) is 51.0 Å². The number of hydrogen-bond acceptors (Lipinski definition) is 1. The van der Waals surface area contributed by atoms with Gasteiger partial charge in [-0.05, 0) is 52.4 Å². The van der Waals surface area contributed by atoms with Crippen molar-refractivity contribution in [3.05, 3.63) is 34.1 Å². The predicted molar refractivity (Wildman–Crippen MR) is 74.9 cm³/mol. The number of aliphatic hydroxyl groups is 1. The van der Waals surface area contributed by atoms with Crippen LogP contribution in [0.4, 0.5) is 4.39 Å². The fraction of sp³-hybridized carbons (Fsp3) is 0.600. The van der Waals surface area contributed by atoms with Crippen molar-refractivity contribution in [3.8, 4) is 0 Å². The third-order valence-electron chi connectivity index (χ3n) is 3.90. The zero-order valence-corrected chi connectivity index (χ0v) is 12.1. The molecule has 1 unspecified atom stereocenters. The van der Waals surface area contributed by atoms with Crippen molar-refractivity contribution in [2.75, 3.05) is 0 Å². The molecule has 1 aromatic rings. The van der Waals surface area contributed by atoms with Gasteiger partial charge in [0.1, 0.15) is 5.82 Å². The van der Waals surface area contributed by atoms with Gasteiger partial charge in [-0.15, -0.1) is 0 Å². The Morgan fingerprint density at radius 2 is 2.00 bits per heavy atom. The minimum atomic E-state index is -0.469. The van der Waals surface area contributed by atoms with Crippen LogP contribution in [0.15, 0.2) is 22.7 Å². The summed E-state index contributed by atoms with van der Waals surface area (Å²) in [7, 11) is 0. The molecule has 100 valence electrons. The highest BCUT2D eigenvalue weighted by Crippen LogP contribution is 2.31. The smallest absolute Gasteiger partial charge is 0.137 e. The van der Waals surface area contributed by atoms with E-state index in [1.54, 1.807) is 12.1 Å². The standard InChI is InChI=1S/C15H20BrFO/c16-13-10-12(7-8-14(13)17)15(18)9-6-11-4-2-1-3-5-11/h7-8,10-11,15,18H,1-6,9H2. The largest absolute Gasteiger partial charge is 0.388 e. The average Bonchev–Trinajstić information content (AvgIpc) is 2.40. The number of benzene rings is 1. The summed E-state index contributed by atoms with van der Waals surface area (Å²) < 4.78 is 13.5. The summed E-state index contributed by atoms with van der Waals surface area (Å²) in [6.45, 7) is 0.